The van der Waals surface area contributed by atoms with E-state index in [1.807, 2.05) is 6.92 Å². The fourth-order valence-electron chi connectivity index (χ4n) is 1.87. The van der Waals surface area contributed by atoms with Gasteiger partial charge in [-0.3, -0.25) is 13.9 Å². The zero-order valence-electron chi connectivity index (χ0n) is 10.1. The third-order valence-corrected chi connectivity index (χ3v) is 2.84. The van der Waals surface area contributed by atoms with Crippen LogP contribution in [0.15, 0.2) is 9.59 Å². The van der Waals surface area contributed by atoms with Crippen LogP contribution in [0.2, 0.25) is 0 Å². The summed E-state index contributed by atoms with van der Waals surface area (Å²) in [7, 11) is 3.12. The molecule has 0 fully saturated rings. The summed E-state index contributed by atoms with van der Waals surface area (Å²) in [6, 6.07) is 0. The van der Waals surface area contributed by atoms with Crippen LogP contribution in [0, 0.1) is 0 Å². The lowest BCUT2D eigenvalue weighted by atomic mass is 10.4. The van der Waals surface area contributed by atoms with E-state index >= 15 is 0 Å². The maximum Gasteiger partial charge on any atom is 0.332 e. The number of aromatic nitrogens is 4. The van der Waals surface area contributed by atoms with Crippen molar-refractivity contribution >= 4 is 17.1 Å². The first-order valence-corrected chi connectivity index (χ1v) is 5.40. The molecule has 2 N–H and O–H groups in total. The van der Waals surface area contributed by atoms with Crippen LogP contribution in [0.4, 0.5) is 5.95 Å². The zero-order valence-corrected chi connectivity index (χ0v) is 10.1. The second kappa shape index (κ2) is 3.76. The van der Waals surface area contributed by atoms with Crippen molar-refractivity contribution in [3.8, 4) is 0 Å². The highest BCUT2D eigenvalue weighted by atomic mass is 16.2. The predicted molar refractivity (Wildman–Crippen MR) is 64.9 cm³/mol. The van der Waals surface area contributed by atoms with Crippen molar-refractivity contribution in [2.75, 3.05) is 5.73 Å². The van der Waals surface area contributed by atoms with Crippen molar-refractivity contribution in [2.24, 2.45) is 14.1 Å². The third-order valence-electron chi connectivity index (χ3n) is 2.84. The monoisotopic (exact) mass is 237 g/mol. The predicted octanol–water partition coefficient (Wildman–Crippen LogP) is -0.574. The second-order valence-electron chi connectivity index (χ2n) is 4.00. The minimum Gasteiger partial charge on any atom is -0.369 e. The summed E-state index contributed by atoms with van der Waals surface area (Å²) < 4.78 is 4.06. The third kappa shape index (κ3) is 1.46. The molecule has 0 spiro atoms. The highest BCUT2D eigenvalue weighted by Crippen LogP contribution is 2.10. The summed E-state index contributed by atoms with van der Waals surface area (Å²) in [6.45, 7) is 2.47. The summed E-state index contributed by atoms with van der Waals surface area (Å²) in [4.78, 5) is 28.0. The van der Waals surface area contributed by atoms with Crippen LogP contribution in [0.5, 0.6) is 0 Å². The van der Waals surface area contributed by atoms with Gasteiger partial charge in [-0.2, -0.15) is 4.98 Å². The van der Waals surface area contributed by atoms with Gasteiger partial charge in [-0.05, 0) is 6.42 Å². The van der Waals surface area contributed by atoms with Gasteiger partial charge in [-0.25, -0.2) is 4.79 Å². The number of rotatable bonds is 2. The van der Waals surface area contributed by atoms with E-state index in [1.165, 1.54) is 16.2 Å². The van der Waals surface area contributed by atoms with E-state index in [1.54, 1.807) is 7.05 Å². The van der Waals surface area contributed by atoms with Gasteiger partial charge in [0.05, 0.1) is 0 Å². The lowest BCUT2D eigenvalue weighted by Gasteiger charge is -2.07. The van der Waals surface area contributed by atoms with Crippen LogP contribution in [-0.2, 0) is 20.6 Å². The van der Waals surface area contributed by atoms with Crippen molar-refractivity contribution in [2.45, 2.75) is 19.9 Å². The Balaban J connectivity index is 3.04. The number of nitrogen functional groups attached to an aromatic ring is 1. The molecule has 0 bridgehead atoms. The normalized spacial score (nSPS) is 11.2. The van der Waals surface area contributed by atoms with Crippen LogP contribution >= 0.6 is 0 Å². The van der Waals surface area contributed by atoms with Gasteiger partial charge in [0.1, 0.15) is 0 Å². The zero-order chi connectivity index (χ0) is 12.7. The molecule has 0 unspecified atom stereocenters. The van der Waals surface area contributed by atoms with Gasteiger partial charge in [0.15, 0.2) is 11.2 Å². The van der Waals surface area contributed by atoms with Crippen LogP contribution < -0.4 is 17.0 Å². The van der Waals surface area contributed by atoms with Gasteiger partial charge in [0, 0.05) is 20.6 Å². The molecule has 0 aromatic carbocycles. The summed E-state index contributed by atoms with van der Waals surface area (Å²) in [5.41, 5.74) is 5.67. The lowest BCUT2D eigenvalue weighted by molar-refractivity contribution is 0.610. The number of nitrogens with two attached hydrogens (primary N) is 1. The van der Waals surface area contributed by atoms with E-state index in [0.717, 1.165) is 11.0 Å². The molecule has 2 heterocycles. The van der Waals surface area contributed by atoms with E-state index in [-0.39, 0.29) is 17.2 Å². The molecule has 0 saturated heterocycles. The lowest BCUT2D eigenvalue weighted by Crippen LogP contribution is -2.38. The Morgan fingerprint density at radius 3 is 2.47 bits per heavy atom. The molecule has 92 valence electrons. The van der Waals surface area contributed by atoms with E-state index in [0.29, 0.717) is 17.7 Å². The fourth-order valence-corrected chi connectivity index (χ4v) is 1.87. The number of fused-ring (bicyclic) bond motifs is 1. The molecule has 0 aliphatic rings. The highest BCUT2D eigenvalue weighted by Gasteiger charge is 2.16. The Bertz CT molecular complexity index is 691. The number of hydrogen-bond donors (Lipinski definition) is 1. The Morgan fingerprint density at radius 1 is 1.24 bits per heavy atom. The minimum atomic E-state index is -0.371. The molecule has 0 saturated carbocycles. The molecule has 7 nitrogen and oxygen atoms in total. The van der Waals surface area contributed by atoms with E-state index < -0.39 is 0 Å². The van der Waals surface area contributed by atoms with E-state index in [9.17, 15) is 9.59 Å². The van der Waals surface area contributed by atoms with Gasteiger partial charge in [0.2, 0.25) is 5.95 Å². The Labute approximate surface area is 97.1 Å². The van der Waals surface area contributed by atoms with Crippen molar-refractivity contribution in [3.63, 3.8) is 0 Å². The summed E-state index contributed by atoms with van der Waals surface area (Å²) >= 11 is 0. The first kappa shape index (κ1) is 11.4. The maximum absolute atomic E-state index is 12.0. The Kier molecular flexibility index (Phi) is 2.53. The highest BCUT2D eigenvalue weighted by molar-refractivity contribution is 5.73. The smallest absolute Gasteiger partial charge is 0.332 e. The SMILES string of the molecule is CCCn1c(=O)n(C)c(=O)c2c1nc(N)n2C. The van der Waals surface area contributed by atoms with Gasteiger partial charge in [0.25, 0.3) is 5.56 Å². The van der Waals surface area contributed by atoms with E-state index in [4.69, 9.17) is 5.73 Å². The van der Waals surface area contributed by atoms with E-state index in [2.05, 4.69) is 4.98 Å². The van der Waals surface area contributed by atoms with Gasteiger partial charge in [-0.1, -0.05) is 6.92 Å². The van der Waals surface area contributed by atoms with Gasteiger partial charge in [-0.15, -0.1) is 0 Å². The Morgan fingerprint density at radius 2 is 1.88 bits per heavy atom. The van der Waals surface area contributed by atoms with Crippen LogP contribution in [0.3, 0.4) is 0 Å². The average Bonchev–Trinajstić information content (AvgIpc) is 2.59. The maximum atomic E-state index is 12.0. The quantitative estimate of drug-likeness (QED) is 0.757. The summed E-state index contributed by atoms with van der Waals surface area (Å²) in [6.07, 6.45) is 0.781. The van der Waals surface area contributed by atoms with Crippen molar-refractivity contribution in [3.05, 3.63) is 20.8 Å². The molecule has 17 heavy (non-hydrogen) atoms. The minimum absolute atomic E-state index is 0.229. The molecule has 2 aromatic heterocycles. The molecule has 0 atom stereocenters. The molecule has 7 heteroatoms. The number of aryl methyl sites for hydroxylation is 2. The number of imidazole rings is 1. The largest absolute Gasteiger partial charge is 0.369 e. The fraction of sp³-hybridized carbons (Fsp3) is 0.500. The molecular weight excluding hydrogens is 222 g/mol. The van der Waals surface area contributed by atoms with Gasteiger partial charge >= 0.3 is 5.69 Å². The topological polar surface area (TPSA) is 87.8 Å². The van der Waals surface area contributed by atoms with Gasteiger partial charge < -0.3 is 10.3 Å². The molecule has 0 radical (unpaired) electrons. The molecule has 0 aliphatic heterocycles. The van der Waals surface area contributed by atoms with Crippen molar-refractivity contribution in [1.82, 2.24) is 18.7 Å². The standard InChI is InChI=1S/C10H15N5O2/c1-4-5-15-7-6(13(2)9(11)12-7)8(16)14(3)10(15)17/h4-5H2,1-3H3,(H2,11,12). The van der Waals surface area contributed by atoms with Crippen LogP contribution in [0.25, 0.3) is 11.2 Å². The molecule has 0 aliphatic carbocycles. The van der Waals surface area contributed by atoms with Crippen molar-refractivity contribution < 1.29 is 0 Å². The van der Waals surface area contributed by atoms with Crippen molar-refractivity contribution in [1.29, 1.82) is 0 Å². The molecule has 2 aromatic rings. The van der Waals surface area contributed by atoms with Crippen LogP contribution in [-0.4, -0.2) is 18.7 Å². The summed E-state index contributed by atoms with van der Waals surface area (Å²) in [5.74, 6) is 0.229. The number of nitrogens with zero attached hydrogens (tertiary/aromatic N) is 4. The second-order valence-corrected chi connectivity index (χ2v) is 4.00. The molecule has 0 amide bonds. The Hall–Kier alpha value is -2.05. The molecular formula is C10H15N5O2. The first-order chi connectivity index (χ1) is 7.99. The first-order valence-electron chi connectivity index (χ1n) is 5.40. The molecule has 2 rings (SSSR count). The number of anilines is 1. The average molecular weight is 237 g/mol. The van der Waals surface area contributed by atoms with Crippen LogP contribution in [0.1, 0.15) is 13.3 Å². The number of hydrogen-bond acceptors (Lipinski definition) is 4. The summed E-state index contributed by atoms with van der Waals surface area (Å²) in [5, 5.41) is 0.